The quantitative estimate of drug-likeness (QED) is 0.888. The zero-order valence-electron chi connectivity index (χ0n) is 11.2. The number of aryl methyl sites for hydroxylation is 1. The standard InChI is InChI=1S/C14H21FN2O.ClH/c1-11-10-12(2-3-13(11)15)14(4-9-18)17-7-5-16-6-8-17;/h2-3,10,14,16,18H,4-9H2,1H3;1H/t14-;/m0./s1. The molecule has 1 fully saturated rings. The molecule has 1 aliphatic rings. The Bertz CT molecular complexity index is 397. The van der Waals surface area contributed by atoms with Gasteiger partial charge in [-0.1, -0.05) is 12.1 Å². The smallest absolute Gasteiger partial charge is 0.126 e. The van der Waals surface area contributed by atoms with Gasteiger partial charge in [-0.3, -0.25) is 4.90 Å². The highest BCUT2D eigenvalue weighted by molar-refractivity contribution is 5.85. The third-order valence-electron chi connectivity index (χ3n) is 3.56. The molecule has 19 heavy (non-hydrogen) atoms. The van der Waals surface area contributed by atoms with Gasteiger partial charge in [0.2, 0.25) is 0 Å². The number of piperazine rings is 1. The Morgan fingerprint density at radius 1 is 1.37 bits per heavy atom. The van der Waals surface area contributed by atoms with Crippen LogP contribution in [0.4, 0.5) is 4.39 Å². The van der Waals surface area contributed by atoms with Crippen molar-refractivity contribution < 1.29 is 9.50 Å². The minimum atomic E-state index is -0.165. The van der Waals surface area contributed by atoms with E-state index in [1.165, 1.54) is 6.07 Å². The molecule has 1 aromatic rings. The number of hydrogen-bond acceptors (Lipinski definition) is 3. The van der Waals surface area contributed by atoms with Crippen LogP contribution in [0.2, 0.25) is 0 Å². The summed E-state index contributed by atoms with van der Waals surface area (Å²) in [5.41, 5.74) is 1.77. The number of rotatable bonds is 4. The Morgan fingerprint density at radius 2 is 2.05 bits per heavy atom. The summed E-state index contributed by atoms with van der Waals surface area (Å²) in [4.78, 5) is 2.36. The molecule has 0 saturated carbocycles. The lowest BCUT2D eigenvalue weighted by molar-refractivity contribution is 0.141. The van der Waals surface area contributed by atoms with Gasteiger partial charge >= 0.3 is 0 Å². The van der Waals surface area contributed by atoms with Crippen molar-refractivity contribution in [3.05, 3.63) is 35.1 Å². The fourth-order valence-corrected chi connectivity index (χ4v) is 2.55. The normalized spacial score (nSPS) is 17.8. The van der Waals surface area contributed by atoms with Crippen LogP contribution in [0.15, 0.2) is 18.2 Å². The molecule has 0 bridgehead atoms. The monoisotopic (exact) mass is 288 g/mol. The highest BCUT2D eigenvalue weighted by Gasteiger charge is 2.22. The second-order valence-electron chi connectivity index (χ2n) is 4.82. The summed E-state index contributed by atoms with van der Waals surface area (Å²) in [6, 6.07) is 5.45. The molecule has 108 valence electrons. The lowest BCUT2D eigenvalue weighted by atomic mass is 9.99. The van der Waals surface area contributed by atoms with Crippen molar-refractivity contribution in [2.45, 2.75) is 19.4 Å². The molecule has 0 unspecified atom stereocenters. The van der Waals surface area contributed by atoms with Crippen LogP contribution in [0.5, 0.6) is 0 Å². The molecule has 0 amide bonds. The van der Waals surface area contributed by atoms with E-state index in [0.29, 0.717) is 12.0 Å². The molecule has 0 radical (unpaired) electrons. The minimum Gasteiger partial charge on any atom is -0.396 e. The summed E-state index contributed by atoms with van der Waals surface area (Å²) in [5.74, 6) is -0.165. The van der Waals surface area contributed by atoms with Crippen molar-refractivity contribution in [3.63, 3.8) is 0 Å². The van der Waals surface area contributed by atoms with Crippen molar-refractivity contribution in [1.82, 2.24) is 10.2 Å². The summed E-state index contributed by atoms with van der Waals surface area (Å²) < 4.78 is 13.3. The Balaban J connectivity index is 0.00000180. The highest BCUT2D eigenvalue weighted by atomic mass is 35.5. The Kier molecular flexibility index (Phi) is 6.72. The molecular formula is C14H22ClFN2O. The van der Waals surface area contributed by atoms with Crippen LogP contribution in [-0.4, -0.2) is 42.8 Å². The van der Waals surface area contributed by atoms with Crippen molar-refractivity contribution in [3.8, 4) is 0 Å². The number of nitrogens with zero attached hydrogens (tertiary/aromatic N) is 1. The van der Waals surface area contributed by atoms with Crippen LogP contribution in [-0.2, 0) is 0 Å². The van der Waals surface area contributed by atoms with E-state index in [2.05, 4.69) is 10.2 Å². The fraction of sp³-hybridized carbons (Fsp3) is 0.571. The maximum Gasteiger partial charge on any atom is 0.126 e. The predicted molar refractivity (Wildman–Crippen MR) is 77.3 cm³/mol. The highest BCUT2D eigenvalue weighted by Crippen LogP contribution is 2.25. The first-order valence-electron chi connectivity index (χ1n) is 6.54. The number of aliphatic hydroxyl groups is 1. The maximum atomic E-state index is 13.3. The molecule has 2 N–H and O–H groups in total. The first kappa shape index (κ1) is 16.4. The second-order valence-corrected chi connectivity index (χ2v) is 4.82. The van der Waals surface area contributed by atoms with E-state index in [-0.39, 0.29) is 30.9 Å². The van der Waals surface area contributed by atoms with Crippen LogP contribution >= 0.6 is 12.4 Å². The molecule has 1 aliphatic heterocycles. The Labute approximate surface area is 120 Å². The molecule has 0 aromatic heterocycles. The van der Waals surface area contributed by atoms with E-state index in [1.807, 2.05) is 12.1 Å². The van der Waals surface area contributed by atoms with E-state index in [0.717, 1.165) is 31.7 Å². The average Bonchev–Trinajstić information content (AvgIpc) is 2.40. The van der Waals surface area contributed by atoms with Gasteiger partial charge in [-0.25, -0.2) is 4.39 Å². The van der Waals surface area contributed by atoms with E-state index in [1.54, 1.807) is 6.92 Å². The van der Waals surface area contributed by atoms with Gasteiger partial charge in [0.15, 0.2) is 0 Å². The fourth-order valence-electron chi connectivity index (χ4n) is 2.55. The van der Waals surface area contributed by atoms with Crippen molar-refractivity contribution in [2.24, 2.45) is 0 Å². The topological polar surface area (TPSA) is 35.5 Å². The average molecular weight is 289 g/mol. The number of benzene rings is 1. The molecule has 1 aromatic carbocycles. The number of hydrogen-bond donors (Lipinski definition) is 2. The predicted octanol–water partition coefficient (Wildman–Crippen LogP) is 1.88. The summed E-state index contributed by atoms with van der Waals surface area (Å²) in [5, 5.41) is 12.6. The molecule has 1 atom stereocenters. The van der Waals surface area contributed by atoms with Crippen LogP contribution in [0.25, 0.3) is 0 Å². The van der Waals surface area contributed by atoms with Gasteiger partial charge < -0.3 is 10.4 Å². The number of halogens is 2. The first-order valence-corrected chi connectivity index (χ1v) is 6.54. The molecule has 3 nitrogen and oxygen atoms in total. The lowest BCUT2D eigenvalue weighted by Gasteiger charge is -2.35. The van der Waals surface area contributed by atoms with Gasteiger partial charge in [-0.2, -0.15) is 0 Å². The van der Waals surface area contributed by atoms with Gasteiger partial charge in [-0.15, -0.1) is 12.4 Å². The second kappa shape index (κ2) is 7.80. The van der Waals surface area contributed by atoms with Crippen molar-refractivity contribution in [2.75, 3.05) is 32.8 Å². The molecule has 0 spiro atoms. The van der Waals surface area contributed by atoms with Crippen LogP contribution in [0.1, 0.15) is 23.6 Å². The third-order valence-corrected chi connectivity index (χ3v) is 3.56. The van der Waals surface area contributed by atoms with E-state index in [4.69, 9.17) is 0 Å². The van der Waals surface area contributed by atoms with Crippen molar-refractivity contribution in [1.29, 1.82) is 0 Å². The third kappa shape index (κ3) is 4.14. The zero-order chi connectivity index (χ0) is 13.0. The summed E-state index contributed by atoms with van der Waals surface area (Å²) in [7, 11) is 0. The van der Waals surface area contributed by atoms with Gasteiger partial charge in [0.05, 0.1) is 0 Å². The van der Waals surface area contributed by atoms with Gasteiger partial charge in [0, 0.05) is 38.8 Å². The molecule has 0 aliphatic carbocycles. The summed E-state index contributed by atoms with van der Waals surface area (Å²) >= 11 is 0. The molecule has 5 heteroatoms. The first-order chi connectivity index (χ1) is 8.72. The van der Waals surface area contributed by atoms with E-state index < -0.39 is 0 Å². The SMILES string of the molecule is Cc1cc([C@H](CCO)N2CCNCC2)ccc1F.Cl. The molecular weight excluding hydrogens is 267 g/mol. The van der Waals surface area contributed by atoms with Crippen LogP contribution in [0, 0.1) is 12.7 Å². The minimum absolute atomic E-state index is 0. The van der Waals surface area contributed by atoms with Gasteiger partial charge in [0.25, 0.3) is 0 Å². The van der Waals surface area contributed by atoms with Gasteiger partial charge in [0.1, 0.15) is 5.82 Å². The Morgan fingerprint density at radius 3 is 2.63 bits per heavy atom. The number of aliphatic hydroxyl groups excluding tert-OH is 1. The van der Waals surface area contributed by atoms with Crippen LogP contribution in [0.3, 0.4) is 0 Å². The maximum absolute atomic E-state index is 13.3. The summed E-state index contributed by atoms with van der Waals surface area (Å²) in [6.07, 6.45) is 0.699. The summed E-state index contributed by atoms with van der Waals surface area (Å²) in [6.45, 7) is 5.84. The van der Waals surface area contributed by atoms with E-state index >= 15 is 0 Å². The van der Waals surface area contributed by atoms with Crippen LogP contribution < -0.4 is 5.32 Å². The van der Waals surface area contributed by atoms with Crippen molar-refractivity contribution >= 4 is 12.4 Å². The van der Waals surface area contributed by atoms with E-state index in [9.17, 15) is 9.50 Å². The van der Waals surface area contributed by atoms with Gasteiger partial charge in [-0.05, 0) is 30.5 Å². The zero-order valence-corrected chi connectivity index (χ0v) is 12.0. The molecule has 2 rings (SSSR count). The molecule has 1 saturated heterocycles. The number of nitrogens with one attached hydrogen (secondary N) is 1. The molecule has 1 heterocycles. The lowest BCUT2D eigenvalue weighted by Crippen LogP contribution is -2.45. The largest absolute Gasteiger partial charge is 0.396 e. The Hall–Kier alpha value is -0.680.